The Morgan fingerprint density at radius 3 is 2.89 bits per heavy atom. The Balaban J connectivity index is 1.83. The second-order valence-corrected chi connectivity index (χ2v) is 4.33. The highest BCUT2D eigenvalue weighted by Crippen LogP contribution is 2.11. The largest absolute Gasteiger partial charge is 0.311 e. The topological polar surface area (TPSA) is 24.9 Å². The van der Waals surface area contributed by atoms with E-state index in [-0.39, 0.29) is 0 Å². The van der Waals surface area contributed by atoms with Crippen LogP contribution in [0.4, 0.5) is 0 Å². The zero-order valence-electron chi connectivity index (χ0n) is 10.5. The second-order valence-electron chi connectivity index (χ2n) is 4.33. The van der Waals surface area contributed by atoms with Gasteiger partial charge in [-0.05, 0) is 31.5 Å². The maximum atomic E-state index is 5.21. The Bertz CT molecular complexity index is 540. The molecule has 0 unspecified atom stereocenters. The predicted molar refractivity (Wildman–Crippen MR) is 76.1 cm³/mol. The molecular formula is C16H18N2. The Morgan fingerprint density at radius 1 is 1.11 bits per heavy atom. The average molecular weight is 238 g/mol. The van der Waals surface area contributed by atoms with Crippen LogP contribution >= 0.6 is 0 Å². The Hall–Kier alpha value is -1.85. The van der Waals surface area contributed by atoms with Gasteiger partial charge < -0.3 is 5.32 Å². The number of pyridine rings is 1. The Morgan fingerprint density at radius 2 is 2.00 bits per heavy atom. The van der Waals surface area contributed by atoms with Crippen molar-refractivity contribution in [3.05, 3.63) is 42.1 Å². The second kappa shape index (κ2) is 6.78. The fourth-order valence-electron chi connectivity index (χ4n) is 1.90. The number of para-hydroxylation sites is 1. The molecule has 0 aliphatic heterocycles. The molecule has 0 aliphatic carbocycles. The molecular weight excluding hydrogens is 220 g/mol. The molecule has 1 aromatic heterocycles. The molecule has 2 nitrogen and oxygen atoms in total. The van der Waals surface area contributed by atoms with Crippen LogP contribution in [0.2, 0.25) is 0 Å². The van der Waals surface area contributed by atoms with E-state index in [0.29, 0.717) is 0 Å². The Labute approximate surface area is 108 Å². The summed E-state index contributed by atoms with van der Waals surface area (Å²) < 4.78 is 0. The summed E-state index contributed by atoms with van der Waals surface area (Å²) >= 11 is 0. The third-order valence-electron chi connectivity index (χ3n) is 2.89. The minimum atomic E-state index is 0.820. The lowest BCUT2D eigenvalue weighted by Crippen LogP contribution is -2.15. The van der Waals surface area contributed by atoms with E-state index in [1.165, 1.54) is 5.39 Å². The lowest BCUT2D eigenvalue weighted by molar-refractivity contribution is 0.623. The van der Waals surface area contributed by atoms with Crippen molar-refractivity contribution in [3.63, 3.8) is 0 Å². The van der Waals surface area contributed by atoms with Gasteiger partial charge in [-0.1, -0.05) is 24.3 Å². The highest BCUT2D eigenvalue weighted by molar-refractivity contribution is 5.78. The molecule has 0 aliphatic rings. The van der Waals surface area contributed by atoms with E-state index in [9.17, 15) is 0 Å². The van der Waals surface area contributed by atoms with Gasteiger partial charge in [0.1, 0.15) is 0 Å². The lowest BCUT2D eigenvalue weighted by atomic mass is 10.2. The molecule has 92 valence electrons. The standard InChI is InChI=1S/C16H18N2/c1-2-3-4-7-12-17-13-15-11-10-14-8-5-6-9-16(14)18-15/h1,5-6,8-11,17H,3-4,7,12-13H2. The fourth-order valence-corrected chi connectivity index (χ4v) is 1.90. The number of nitrogens with zero attached hydrogens (tertiary/aromatic N) is 1. The molecule has 0 saturated heterocycles. The van der Waals surface area contributed by atoms with Gasteiger partial charge in [0.05, 0.1) is 11.2 Å². The molecule has 1 N–H and O–H groups in total. The van der Waals surface area contributed by atoms with E-state index < -0.39 is 0 Å². The first kappa shape index (κ1) is 12.6. The molecule has 0 amide bonds. The first-order chi connectivity index (χ1) is 8.90. The molecule has 0 saturated carbocycles. The molecule has 2 aromatic rings. The molecule has 2 rings (SSSR count). The molecule has 0 atom stereocenters. The number of rotatable bonds is 6. The van der Waals surface area contributed by atoms with Crippen molar-refractivity contribution in [3.8, 4) is 12.3 Å². The van der Waals surface area contributed by atoms with Crippen LogP contribution in [-0.4, -0.2) is 11.5 Å². The number of unbranched alkanes of at least 4 members (excludes halogenated alkanes) is 2. The predicted octanol–water partition coefficient (Wildman–Crippen LogP) is 3.13. The number of benzene rings is 1. The molecule has 0 spiro atoms. The van der Waals surface area contributed by atoms with E-state index in [1.807, 2.05) is 18.2 Å². The molecule has 0 radical (unpaired) electrons. The van der Waals surface area contributed by atoms with Crippen LogP contribution in [0.5, 0.6) is 0 Å². The first-order valence-corrected chi connectivity index (χ1v) is 6.39. The summed E-state index contributed by atoms with van der Waals surface area (Å²) in [6, 6.07) is 12.4. The van der Waals surface area contributed by atoms with Crippen molar-refractivity contribution >= 4 is 10.9 Å². The summed E-state index contributed by atoms with van der Waals surface area (Å²) in [5.41, 5.74) is 2.15. The van der Waals surface area contributed by atoms with Gasteiger partial charge in [0, 0.05) is 18.4 Å². The van der Waals surface area contributed by atoms with Crippen molar-refractivity contribution in [1.29, 1.82) is 0 Å². The van der Waals surface area contributed by atoms with E-state index in [0.717, 1.165) is 43.6 Å². The first-order valence-electron chi connectivity index (χ1n) is 6.39. The minimum absolute atomic E-state index is 0.820. The van der Waals surface area contributed by atoms with E-state index in [1.54, 1.807) is 0 Å². The van der Waals surface area contributed by atoms with Crippen LogP contribution in [0.1, 0.15) is 25.0 Å². The minimum Gasteiger partial charge on any atom is -0.311 e. The smallest absolute Gasteiger partial charge is 0.0705 e. The van der Waals surface area contributed by atoms with Crippen LogP contribution in [-0.2, 0) is 6.54 Å². The van der Waals surface area contributed by atoms with Crippen LogP contribution in [0.25, 0.3) is 10.9 Å². The lowest BCUT2D eigenvalue weighted by Gasteiger charge is -2.05. The Kier molecular flexibility index (Phi) is 4.75. The molecule has 1 aromatic carbocycles. The summed E-state index contributed by atoms with van der Waals surface area (Å²) in [6.45, 7) is 1.82. The molecule has 0 bridgehead atoms. The van der Waals surface area contributed by atoms with Crippen molar-refractivity contribution in [2.45, 2.75) is 25.8 Å². The quantitative estimate of drug-likeness (QED) is 0.618. The van der Waals surface area contributed by atoms with Crippen molar-refractivity contribution in [2.75, 3.05) is 6.54 Å². The summed E-state index contributed by atoms with van der Waals surface area (Å²) in [5, 5.41) is 4.58. The maximum absolute atomic E-state index is 5.21. The van der Waals surface area contributed by atoms with Gasteiger partial charge in [0.25, 0.3) is 0 Å². The average Bonchev–Trinajstić information content (AvgIpc) is 2.42. The van der Waals surface area contributed by atoms with E-state index >= 15 is 0 Å². The van der Waals surface area contributed by atoms with Gasteiger partial charge >= 0.3 is 0 Å². The number of aromatic nitrogens is 1. The summed E-state index contributed by atoms with van der Waals surface area (Å²) in [6.07, 6.45) is 8.29. The van der Waals surface area contributed by atoms with Crippen molar-refractivity contribution in [1.82, 2.24) is 10.3 Å². The van der Waals surface area contributed by atoms with Gasteiger partial charge in [-0.3, -0.25) is 4.98 Å². The number of hydrogen-bond donors (Lipinski definition) is 1. The van der Waals surface area contributed by atoms with E-state index in [2.05, 4.69) is 34.4 Å². The molecule has 0 fully saturated rings. The van der Waals surface area contributed by atoms with Crippen LogP contribution in [0, 0.1) is 12.3 Å². The summed E-state index contributed by atoms with van der Waals surface area (Å²) in [7, 11) is 0. The molecule has 18 heavy (non-hydrogen) atoms. The highest BCUT2D eigenvalue weighted by Gasteiger charge is 1.97. The van der Waals surface area contributed by atoms with Crippen LogP contribution in [0.3, 0.4) is 0 Å². The number of terminal acetylenes is 1. The van der Waals surface area contributed by atoms with Gasteiger partial charge in [-0.25, -0.2) is 0 Å². The molecule has 1 heterocycles. The summed E-state index contributed by atoms with van der Waals surface area (Å²) in [5.74, 6) is 2.66. The zero-order chi connectivity index (χ0) is 12.6. The molecule has 2 heteroatoms. The van der Waals surface area contributed by atoms with Gasteiger partial charge in [0.15, 0.2) is 0 Å². The zero-order valence-corrected chi connectivity index (χ0v) is 10.5. The van der Waals surface area contributed by atoms with Crippen molar-refractivity contribution < 1.29 is 0 Å². The third-order valence-corrected chi connectivity index (χ3v) is 2.89. The van der Waals surface area contributed by atoms with Crippen LogP contribution in [0.15, 0.2) is 36.4 Å². The van der Waals surface area contributed by atoms with E-state index in [4.69, 9.17) is 6.42 Å². The highest BCUT2D eigenvalue weighted by atomic mass is 14.9. The monoisotopic (exact) mass is 238 g/mol. The van der Waals surface area contributed by atoms with Crippen molar-refractivity contribution in [2.24, 2.45) is 0 Å². The van der Waals surface area contributed by atoms with Gasteiger partial charge in [-0.15, -0.1) is 12.3 Å². The van der Waals surface area contributed by atoms with Gasteiger partial charge in [-0.2, -0.15) is 0 Å². The van der Waals surface area contributed by atoms with Gasteiger partial charge in [0.2, 0.25) is 0 Å². The third kappa shape index (κ3) is 3.58. The summed E-state index contributed by atoms with van der Waals surface area (Å²) in [4.78, 5) is 4.61. The van der Waals surface area contributed by atoms with Crippen LogP contribution < -0.4 is 5.32 Å². The fraction of sp³-hybridized carbons (Fsp3) is 0.312. The number of fused-ring (bicyclic) bond motifs is 1. The SMILES string of the molecule is C#CCCCCNCc1ccc2ccccc2n1. The number of hydrogen-bond acceptors (Lipinski definition) is 2. The normalized spacial score (nSPS) is 10.4. The maximum Gasteiger partial charge on any atom is 0.0705 e. The number of nitrogens with one attached hydrogen (secondary N) is 1.